The average Bonchev–Trinajstić information content (AvgIpc) is 2.73. The topological polar surface area (TPSA) is 48.0 Å². The van der Waals surface area contributed by atoms with Crippen LogP contribution in [0.4, 0.5) is 5.69 Å². The van der Waals surface area contributed by atoms with Crippen LogP contribution in [0.1, 0.15) is 12.5 Å². The van der Waals surface area contributed by atoms with Gasteiger partial charge in [0.15, 0.2) is 5.75 Å². The maximum Gasteiger partial charge on any atom is 0.224 e. The number of carbonyl (C=O) groups excluding carboxylic acids is 1. The highest BCUT2D eigenvalue weighted by Gasteiger charge is 2.20. The van der Waals surface area contributed by atoms with Crippen molar-refractivity contribution >= 4 is 24.2 Å². The highest BCUT2D eigenvalue weighted by Crippen LogP contribution is 2.36. The molecule has 0 bridgehead atoms. The van der Waals surface area contributed by atoms with Crippen LogP contribution in [0.15, 0.2) is 71.6 Å². The molecule has 0 N–H and O–H groups in total. The monoisotopic (exact) mass is 409 g/mol. The standard InChI is InChI=1S/C23H23NO4S/c1-16(25)24(15-17-13-19(26-2)9-11-22(17)27-3)21-14-20(29)10-12-23(21)28-18-7-5-4-6-8-18/h4-14,29H,15H2,1-3H3. The zero-order chi connectivity index (χ0) is 20.8. The smallest absolute Gasteiger partial charge is 0.224 e. The maximum absolute atomic E-state index is 12.6. The molecule has 3 aromatic rings. The molecule has 3 aromatic carbocycles. The number of amides is 1. The summed E-state index contributed by atoms with van der Waals surface area (Å²) in [5, 5.41) is 0. The van der Waals surface area contributed by atoms with Crippen LogP contribution in [0.25, 0.3) is 0 Å². The van der Waals surface area contributed by atoms with Gasteiger partial charge in [-0.1, -0.05) is 18.2 Å². The first-order valence-electron chi connectivity index (χ1n) is 9.06. The summed E-state index contributed by atoms with van der Waals surface area (Å²) < 4.78 is 16.9. The van der Waals surface area contributed by atoms with Crippen LogP contribution in [0.2, 0.25) is 0 Å². The summed E-state index contributed by atoms with van der Waals surface area (Å²) in [6.45, 7) is 1.81. The van der Waals surface area contributed by atoms with E-state index < -0.39 is 0 Å². The van der Waals surface area contributed by atoms with Crippen LogP contribution in [0.3, 0.4) is 0 Å². The minimum atomic E-state index is -0.133. The Morgan fingerprint density at radius 2 is 1.62 bits per heavy atom. The molecule has 0 unspecified atom stereocenters. The Kier molecular flexibility index (Phi) is 6.67. The first kappa shape index (κ1) is 20.6. The van der Waals surface area contributed by atoms with Gasteiger partial charge in [-0.3, -0.25) is 4.79 Å². The number of anilines is 1. The fourth-order valence-corrected chi connectivity index (χ4v) is 3.16. The molecule has 0 heterocycles. The molecule has 0 saturated heterocycles. The third kappa shape index (κ3) is 5.03. The number of ether oxygens (including phenoxy) is 3. The molecular weight excluding hydrogens is 386 g/mol. The van der Waals surface area contributed by atoms with E-state index in [0.29, 0.717) is 28.7 Å². The number of rotatable bonds is 7. The summed E-state index contributed by atoms with van der Waals surface area (Å²) in [7, 11) is 3.20. The van der Waals surface area contributed by atoms with Gasteiger partial charge in [0.25, 0.3) is 0 Å². The lowest BCUT2D eigenvalue weighted by molar-refractivity contribution is -0.116. The molecule has 29 heavy (non-hydrogen) atoms. The number of hydrogen-bond donors (Lipinski definition) is 1. The van der Waals surface area contributed by atoms with Crippen LogP contribution in [-0.2, 0) is 11.3 Å². The van der Waals surface area contributed by atoms with Crippen LogP contribution >= 0.6 is 12.6 Å². The number of hydrogen-bond acceptors (Lipinski definition) is 5. The van der Waals surface area contributed by atoms with Crippen LogP contribution in [0, 0.1) is 0 Å². The molecule has 3 rings (SSSR count). The third-order valence-electron chi connectivity index (χ3n) is 4.40. The summed E-state index contributed by atoms with van der Waals surface area (Å²) in [6, 6.07) is 20.4. The summed E-state index contributed by atoms with van der Waals surface area (Å²) in [5.41, 5.74) is 1.44. The van der Waals surface area contributed by atoms with E-state index in [9.17, 15) is 4.79 Å². The lowest BCUT2D eigenvalue weighted by Crippen LogP contribution is -2.28. The SMILES string of the molecule is COc1ccc(OC)c(CN(C(C)=O)c2cc(S)ccc2Oc2ccccc2)c1. The van der Waals surface area contributed by atoms with Gasteiger partial charge in [-0.2, -0.15) is 0 Å². The first-order valence-corrected chi connectivity index (χ1v) is 9.51. The zero-order valence-corrected chi connectivity index (χ0v) is 17.5. The predicted octanol–water partition coefficient (Wildman–Crippen LogP) is 5.34. The van der Waals surface area contributed by atoms with Gasteiger partial charge in [0, 0.05) is 17.4 Å². The fourth-order valence-electron chi connectivity index (χ4n) is 2.96. The second-order valence-corrected chi connectivity index (χ2v) is 6.87. The quantitative estimate of drug-likeness (QED) is 0.535. The van der Waals surface area contributed by atoms with E-state index in [0.717, 1.165) is 10.5 Å². The molecule has 5 nitrogen and oxygen atoms in total. The Morgan fingerprint density at radius 1 is 0.897 bits per heavy atom. The van der Waals surface area contributed by atoms with Crippen LogP contribution in [-0.4, -0.2) is 20.1 Å². The number of carbonyl (C=O) groups is 1. The lowest BCUT2D eigenvalue weighted by Gasteiger charge is -2.25. The number of thiol groups is 1. The average molecular weight is 410 g/mol. The molecule has 0 saturated carbocycles. The van der Waals surface area contributed by atoms with Crippen molar-refractivity contribution in [3.8, 4) is 23.0 Å². The summed E-state index contributed by atoms with van der Waals surface area (Å²) >= 11 is 4.45. The highest BCUT2D eigenvalue weighted by atomic mass is 32.1. The fraction of sp³-hybridized carbons (Fsp3) is 0.174. The molecule has 0 spiro atoms. The molecule has 0 radical (unpaired) electrons. The van der Waals surface area contributed by atoms with E-state index in [4.69, 9.17) is 14.2 Å². The molecule has 0 atom stereocenters. The van der Waals surface area contributed by atoms with Gasteiger partial charge < -0.3 is 19.1 Å². The number of para-hydroxylation sites is 1. The Hall–Kier alpha value is -3.12. The van der Waals surface area contributed by atoms with Crippen molar-refractivity contribution in [2.45, 2.75) is 18.4 Å². The molecule has 0 aliphatic carbocycles. The van der Waals surface area contributed by atoms with Crippen LogP contribution in [0.5, 0.6) is 23.0 Å². The van der Waals surface area contributed by atoms with Gasteiger partial charge in [0.1, 0.15) is 17.2 Å². The molecule has 0 aromatic heterocycles. The van der Waals surface area contributed by atoms with E-state index in [-0.39, 0.29) is 12.5 Å². The maximum atomic E-state index is 12.6. The van der Waals surface area contributed by atoms with Crippen LogP contribution < -0.4 is 19.1 Å². The number of nitrogens with zero attached hydrogens (tertiary/aromatic N) is 1. The van der Waals surface area contributed by atoms with Crippen molar-refractivity contribution in [1.29, 1.82) is 0 Å². The molecule has 0 aliphatic heterocycles. The van der Waals surface area contributed by atoms with E-state index in [1.165, 1.54) is 6.92 Å². The lowest BCUT2D eigenvalue weighted by atomic mass is 10.1. The first-order chi connectivity index (χ1) is 14.0. The van der Waals surface area contributed by atoms with E-state index in [1.807, 2.05) is 66.7 Å². The molecule has 0 aliphatic rings. The molecule has 0 fully saturated rings. The molecule has 150 valence electrons. The zero-order valence-electron chi connectivity index (χ0n) is 16.6. The Morgan fingerprint density at radius 3 is 2.28 bits per heavy atom. The largest absolute Gasteiger partial charge is 0.497 e. The highest BCUT2D eigenvalue weighted by molar-refractivity contribution is 7.80. The van der Waals surface area contributed by atoms with Gasteiger partial charge in [-0.25, -0.2) is 0 Å². The number of methoxy groups -OCH3 is 2. The van der Waals surface area contributed by atoms with E-state index in [1.54, 1.807) is 19.1 Å². The van der Waals surface area contributed by atoms with Gasteiger partial charge in [0.05, 0.1) is 26.5 Å². The number of benzene rings is 3. The third-order valence-corrected chi connectivity index (χ3v) is 4.68. The predicted molar refractivity (Wildman–Crippen MR) is 117 cm³/mol. The summed E-state index contributed by atoms with van der Waals surface area (Å²) in [6.07, 6.45) is 0. The van der Waals surface area contributed by atoms with Gasteiger partial charge in [-0.05, 0) is 48.5 Å². The normalized spacial score (nSPS) is 10.3. The van der Waals surface area contributed by atoms with Crippen molar-refractivity contribution in [3.63, 3.8) is 0 Å². The van der Waals surface area contributed by atoms with Crippen molar-refractivity contribution in [3.05, 3.63) is 72.3 Å². The minimum absolute atomic E-state index is 0.133. The Balaban J connectivity index is 2.02. The van der Waals surface area contributed by atoms with Crippen molar-refractivity contribution in [2.75, 3.05) is 19.1 Å². The minimum Gasteiger partial charge on any atom is -0.497 e. The second kappa shape index (κ2) is 9.39. The summed E-state index contributed by atoms with van der Waals surface area (Å²) in [5.74, 6) is 2.47. The Bertz CT molecular complexity index is 991. The van der Waals surface area contributed by atoms with Crippen molar-refractivity contribution in [2.24, 2.45) is 0 Å². The van der Waals surface area contributed by atoms with E-state index in [2.05, 4.69) is 12.6 Å². The van der Waals surface area contributed by atoms with Gasteiger partial charge in [-0.15, -0.1) is 12.6 Å². The van der Waals surface area contributed by atoms with E-state index >= 15 is 0 Å². The van der Waals surface area contributed by atoms with Crippen molar-refractivity contribution < 1.29 is 19.0 Å². The van der Waals surface area contributed by atoms with Crippen molar-refractivity contribution in [1.82, 2.24) is 0 Å². The molecule has 1 amide bonds. The van der Waals surface area contributed by atoms with Gasteiger partial charge >= 0.3 is 0 Å². The Labute approximate surface area is 176 Å². The summed E-state index contributed by atoms with van der Waals surface area (Å²) in [4.78, 5) is 15.0. The van der Waals surface area contributed by atoms with Gasteiger partial charge in [0.2, 0.25) is 5.91 Å². The molecule has 6 heteroatoms. The second-order valence-electron chi connectivity index (χ2n) is 6.35. The molecular formula is C23H23NO4S.